The first-order valence-corrected chi connectivity index (χ1v) is 15.8. The summed E-state index contributed by atoms with van der Waals surface area (Å²) in [6.45, 7) is 12.9. The molecule has 14 atom stereocenters. The lowest BCUT2D eigenvalue weighted by atomic mass is 9.87. The summed E-state index contributed by atoms with van der Waals surface area (Å²) in [7, 11) is 1.41. The average molecular weight is 575 g/mol. The fourth-order valence-corrected chi connectivity index (χ4v) is 8.42. The summed E-state index contributed by atoms with van der Waals surface area (Å²) in [6.07, 6.45) is 6.93. The third kappa shape index (κ3) is 5.23. The molecule has 8 rings (SSSR count). The van der Waals surface area contributed by atoms with E-state index in [1.54, 1.807) is 0 Å². The van der Waals surface area contributed by atoms with Crippen LogP contribution in [0.2, 0.25) is 0 Å². The molecule has 0 saturated carbocycles. The maximum atomic E-state index is 11.9. The van der Waals surface area contributed by atoms with Crippen molar-refractivity contribution in [3.05, 3.63) is 24.3 Å². The second-order valence-corrected chi connectivity index (χ2v) is 13.5. The topological polar surface area (TPSA) is 90.9 Å². The molecular formula is C32H46O9. The standard InChI is InChI=1S/C32H46O9/c1-16-12-20(35-19(4)18(16)3)6-8-23-17(2)13-22(36-23)10-11-32-15-25-28(40-32)29-30(39-25)31(41-32)27-24(38-29)9-7-21(37-27)14-26(33)34-5/h16,19-25,27-31H,2-3,6-15H2,1,4-5H3/t16-,19-,20+,21-,22?,23?,24+,25-,27+,28+,29+,30-,31+,32+/m1/s1. The van der Waals surface area contributed by atoms with Gasteiger partial charge in [0.25, 0.3) is 0 Å². The molecule has 228 valence electrons. The Morgan fingerprint density at radius 2 is 1.63 bits per heavy atom. The van der Waals surface area contributed by atoms with E-state index < -0.39 is 5.79 Å². The molecule has 2 unspecified atom stereocenters. The lowest BCUT2D eigenvalue weighted by Crippen LogP contribution is -2.61. The van der Waals surface area contributed by atoms with Crippen LogP contribution in [0.1, 0.15) is 78.1 Å². The second-order valence-electron chi connectivity index (χ2n) is 13.5. The molecule has 41 heavy (non-hydrogen) atoms. The summed E-state index contributed by atoms with van der Waals surface area (Å²) < 4.78 is 50.6. The van der Waals surface area contributed by atoms with Crippen LogP contribution in [0.15, 0.2) is 24.3 Å². The second kappa shape index (κ2) is 11.0. The van der Waals surface area contributed by atoms with Gasteiger partial charge in [-0.15, -0.1) is 0 Å². The number of ether oxygens (including phenoxy) is 8. The fourth-order valence-electron chi connectivity index (χ4n) is 8.42. The van der Waals surface area contributed by atoms with Crippen molar-refractivity contribution in [2.75, 3.05) is 7.11 Å². The van der Waals surface area contributed by atoms with Crippen molar-refractivity contribution >= 4 is 5.97 Å². The molecule has 0 aliphatic carbocycles. The normalized spacial score (nSPS) is 50.2. The Balaban J connectivity index is 0.965. The van der Waals surface area contributed by atoms with E-state index in [1.807, 2.05) is 0 Å². The van der Waals surface area contributed by atoms with Crippen LogP contribution in [-0.4, -0.2) is 92.1 Å². The minimum Gasteiger partial charge on any atom is -0.469 e. The first kappa shape index (κ1) is 28.4. The van der Waals surface area contributed by atoms with Gasteiger partial charge in [-0.25, -0.2) is 0 Å². The number of carbonyl (C=O) groups excluding carboxylic acids is 1. The van der Waals surface area contributed by atoms with E-state index in [0.29, 0.717) is 12.3 Å². The molecule has 0 amide bonds. The molecule has 8 aliphatic rings. The van der Waals surface area contributed by atoms with Crippen molar-refractivity contribution in [2.45, 2.75) is 157 Å². The van der Waals surface area contributed by atoms with E-state index in [9.17, 15) is 4.79 Å². The molecule has 6 bridgehead atoms. The molecule has 0 radical (unpaired) electrons. The number of esters is 1. The zero-order valence-electron chi connectivity index (χ0n) is 24.7. The molecule has 0 aromatic heterocycles. The number of carbonyl (C=O) groups is 1. The van der Waals surface area contributed by atoms with Gasteiger partial charge in [-0.1, -0.05) is 20.1 Å². The van der Waals surface area contributed by atoms with Crippen LogP contribution in [0.5, 0.6) is 0 Å². The molecule has 0 aromatic carbocycles. The minimum atomic E-state index is -0.742. The van der Waals surface area contributed by atoms with Crippen LogP contribution in [0.3, 0.4) is 0 Å². The van der Waals surface area contributed by atoms with Crippen LogP contribution in [0.4, 0.5) is 0 Å². The van der Waals surface area contributed by atoms with E-state index >= 15 is 0 Å². The van der Waals surface area contributed by atoms with Crippen molar-refractivity contribution < 1.29 is 42.7 Å². The Hall–Kier alpha value is -1.33. The van der Waals surface area contributed by atoms with Gasteiger partial charge in [-0.3, -0.25) is 4.79 Å². The number of fused-ring (bicyclic) bond motifs is 1. The summed E-state index contributed by atoms with van der Waals surface area (Å²) in [5.74, 6) is -0.513. The van der Waals surface area contributed by atoms with Gasteiger partial charge >= 0.3 is 5.97 Å². The van der Waals surface area contributed by atoms with Crippen molar-refractivity contribution in [1.29, 1.82) is 0 Å². The van der Waals surface area contributed by atoms with Crippen LogP contribution in [-0.2, 0) is 42.7 Å². The molecule has 0 spiro atoms. The molecule has 8 aliphatic heterocycles. The molecule has 9 nitrogen and oxygen atoms in total. The fraction of sp³-hybridized carbons (Fsp3) is 0.844. The van der Waals surface area contributed by atoms with Crippen LogP contribution < -0.4 is 0 Å². The highest BCUT2D eigenvalue weighted by Gasteiger charge is 2.68. The Bertz CT molecular complexity index is 1030. The van der Waals surface area contributed by atoms with E-state index in [1.165, 1.54) is 18.3 Å². The summed E-state index contributed by atoms with van der Waals surface area (Å²) in [6, 6.07) is 0. The molecule has 8 saturated heterocycles. The lowest BCUT2D eigenvalue weighted by molar-refractivity contribution is -0.293. The van der Waals surface area contributed by atoms with Gasteiger partial charge in [0.1, 0.15) is 30.5 Å². The van der Waals surface area contributed by atoms with Gasteiger partial charge in [0.15, 0.2) is 5.79 Å². The molecule has 8 heterocycles. The summed E-state index contributed by atoms with van der Waals surface area (Å²) in [4.78, 5) is 11.9. The van der Waals surface area contributed by atoms with Crippen LogP contribution >= 0.6 is 0 Å². The number of hydrogen-bond acceptors (Lipinski definition) is 9. The van der Waals surface area contributed by atoms with Gasteiger partial charge in [0.2, 0.25) is 0 Å². The summed E-state index contributed by atoms with van der Waals surface area (Å²) in [5.41, 5.74) is 2.37. The van der Waals surface area contributed by atoms with Crippen LogP contribution in [0, 0.1) is 5.92 Å². The first-order valence-electron chi connectivity index (χ1n) is 15.8. The van der Waals surface area contributed by atoms with Gasteiger partial charge in [0.05, 0.1) is 56.3 Å². The highest BCUT2D eigenvalue weighted by molar-refractivity contribution is 5.69. The molecule has 0 aromatic rings. The van der Waals surface area contributed by atoms with Gasteiger partial charge in [-0.05, 0) is 68.9 Å². The minimum absolute atomic E-state index is 0.0374. The maximum absolute atomic E-state index is 11.9. The largest absolute Gasteiger partial charge is 0.469 e. The third-order valence-electron chi connectivity index (χ3n) is 10.7. The van der Waals surface area contributed by atoms with Gasteiger partial charge in [-0.2, -0.15) is 0 Å². The monoisotopic (exact) mass is 574 g/mol. The van der Waals surface area contributed by atoms with E-state index in [2.05, 4.69) is 27.0 Å². The molecular weight excluding hydrogens is 528 g/mol. The number of methoxy groups -OCH3 is 1. The van der Waals surface area contributed by atoms with Crippen molar-refractivity contribution in [2.24, 2.45) is 5.92 Å². The first-order chi connectivity index (χ1) is 19.7. The van der Waals surface area contributed by atoms with Crippen LogP contribution in [0.25, 0.3) is 0 Å². The summed E-state index contributed by atoms with van der Waals surface area (Å²) in [5, 5.41) is 0. The zero-order chi connectivity index (χ0) is 28.5. The highest BCUT2D eigenvalue weighted by atomic mass is 16.8. The van der Waals surface area contributed by atoms with E-state index in [0.717, 1.165) is 51.4 Å². The Morgan fingerprint density at radius 1 is 0.854 bits per heavy atom. The predicted octanol–water partition coefficient (Wildman–Crippen LogP) is 4.16. The maximum Gasteiger partial charge on any atom is 0.308 e. The van der Waals surface area contributed by atoms with Gasteiger partial charge < -0.3 is 37.9 Å². The average Bonchev–Trinajstić information content (AvgIpc) is 3.53. The van der Waals surface area contributed by atoms with E-state index in [-0.39, 0.29) is 85.6 Å². The third-order valence-corrected chi connectivity index (χ3v) is 10.7. The van der Waals surface area contributed by atoms with Crippen molar-refractivity contribution in [3.8, 4) is 0 Å². The highest BCUT2D eigenvalue weighted by Crippen LogP contribution is 2.54. The molecule has 9 heteroatoms. The lowest BCUT2D eigenvalue weighted by Gasteiger charge is -2.47. The number of rotatable bonds is 8. The van der Waals surface area contributed by atoms with E-state index in [4.69, 9.17) is 37.9 Å². The quantitative estimate of drug-likeness (QED) is 0.313. The smallest absolute Gasteiger partial charge is 0.308 e. The van der Waals surface area contributed by atoms with Crippen molar-refractivity contribution in [3.63, 3.8) is 0 Å². The zero-order valence-corrected chi connectivity index (χ0v) is 24.7. The summed E-state index contributed by atoms with van der Waals surface area (Å²) >= 11 is 0. The SMILES string of the molecule is C=C1CC(CC[C@@]23C[C@H]4O[C@H]5[C@@H](O2)[C@H]2O[C@@H](CC(=O)OC)CC[C@@H]2O[C@H]5[C@H]4O3)OC1CC[C@H]1C[C@@H](C)C(=C)[C@@H](C)O1. The van der Waals surface area contributed by atoms with Crippen molar-refractivity contribution in [1.82, 2.24) is 0 Å². The Kier molecular flexibility index (Phi) is 7.62. The van der Waals surface area contributed by atoms with Gasteiger partial charge in [0, 0.05) is 12.8 Å². The predicted molar refractivity (Wildman–Crippen MR) is 147 cm³/mol. The Morgan fingerprint density at radius 3 is 2.44 bits per heavy atom. The number of hydrogen-bond donors (Lipinski definition) is 0. The molecule has 8 fully saturated rings. The Labute approximate surface area is 243 Å². The molecule has 0 N–H and O–H groups in total.